The number of carbonyl (C=O) groups is 1. The summed E-state index contributed by atoms with van der Waals surface area (Å²) in [5, 5.41) is 0. The van der Waals surface area contributed by atoms with E-state index in [2.05, 4.69) is 13.0 Å². The average Bonchev–Trinajstić information content (AvgIpc) is 2.81. The predicted octanol–water partition coefficient (Wildman–Crippen LogP) is 3.37. The largest absolute Gasteiger partial charge is 0.497 e. The number of fused-ring (bicyclic) bond motifs is 1. The van der Waals surface area contributed by atoms with E-state index in [9.17, 15) is 4.79 Å². The topological polar surface area (TPSA) is 35.5 Å². The Kier molecular flexibility index (Phi) is 4.25. The second-order valence-corrected chi connectivity index (χ2v) is 4.75. The van der Waals surface area contributed by atoms with Gasteiger partial charge in [0, 0.05) is 12.0 Å². The van der Waals surface area contributed by atoms with Crippen molar-refractivity contribution < 1.29 is 14.3 Å². The van der Waals surface area contributed by atoms with Crippen LogP contribution in [0.25, 0.3) is 5.57 Å². The van der Waals surface area contributed by atoms with Crippen molar-refractivity contribution >= 4 is 11.5 Å². The highest BCUT2D eigenvalue weighted by Gasteiger charge is 2.26. The van der Waals surface area contributed by atoms with Gasteiger partial charge in [0.05, 0.1) is 14.2 Å². The van der Waals surface area contributed by atoms with Crippen LogP contribution in [0.5, 0.6) is 5.75 Å². The van der Waals surface area contributed by atoms with E-state index in [1.54, 1.807) is 7.11 Å². The molecule has 0 atom stereocenters. The monoisotopic (exact) mass is 260 g/mol. The molecule has 1 aromatic carbocycles. The van der Waals surface area contributed by atoms with Crippen LogP contribution in [0.4, 0.5) is 0 Å². The van der Waals surface area contributed by atoms with Crippen LogP contribution in [0.3, 0.4) is 0 Å². The van der Waals surface area contributed by atoms with Crippen LogP contribution in [0.1, 0.15) is 37.3 Å². The molecule has 0 spiro atoms. The van der Waals surface area contributed by atoms with Crippen LogP contribution in [0.15, 0.2) is 23.8 Å². The molecule has 102 valence electrons. The Hall–Kier alpha value is -1.77. The number of carbonyl (C=O) groups excluding carboxylic acids is 1. The maximum absolute atomic E-state index is 11.9. The highest BCUT2D eigenvalue weighted by Crippen LogP contribution is 2.38. The molecule has 0 heterocycles. The average molecular weight is 260 g/mol. The van der Waals surface area contributed by atoms with Gasteiger partial charge in [0.1, 0.15) is 5.75 Å². The molecule has 1 aliphatic carbocycles. The summed E-state index contributed by atoms with van der Waals surface area (Å²) in [6.45, 7) is 2.16. The molecule has 19 heavy (non-hydrogen) atoms. The van der Waals surface area contributed by atoms with Crippen molar-refractivity contribution in [3.05, 3.63) is 34.9 Å². The van der Waals surface area contributed by atoms with E-state index in [0.717, 1.165) is 41.7 Å². The summed E-state index contributed by atoms with van der Waals surface area (Å²) < 4.78 is 10.1. The minimum absolute atomic E-state index is 0.207. The zero-order chi connectivity index (χ0) is 13.8. The first-order valence-corrected chi connectivity index (χ1v) is 6.68. The van der Waals surface area contributed by atoms with Crippen molar-refractivity contribution in [3.8, 4) is 5.75 Å². The maximum atomic E-state index is 11.9. The molecule has 0 aliphatic heterocycles. The quantitative estimate of drug-likeness (QED) is 0.761. The fourth-order valence-electron chi connectivity index (χ4n) is 2.56. The molecule has 3 heteroatoms. The minimum Gasteiger partial charge on any atom is -0.497 e. The molecular formula is C16H20O3. The Bertz CT molecular complexity index is 515. The van der Waals surface area contributed by atoms with Crippen molar-refractivity contribution in [2.24, 2.45) is 0 Å². The van der Waals surface area contributed by atoms with Crippen LogP contribution < -0.4 is 4.74 Å². The van der Waals surface area contributed by atoms with E-state index >= 15 is 0 Å². The van der Waals surface area contributed by atoms with Crippen molar-refractivity contribution in [2.75, 3.05) is 14.2 Å². The predicted molar refractivity (Wildman–Crippen MR) is 75.2 cm³/mol. The van der Waals surface area contributed by atoms with Crippen LogP contribution in [0.2, 0.25) is 0 Å². The first-order valence-electron chi connectivity index (χ1n) is 6.68. The summed E-state index contributed by atoms with van der Waals surface area (Å²) in [7, 11) is 3.10. The van der Waals surface area contributed by atoms with Gasteiger partial charge in [-0.1, -0.05) is 19.4 Å². The standard InChI is InChI=1S/C16H20O3/c1-4-5-6-14-13-8-7-12(18-2)9-11(13)10-15(14)16(17)19-3/h7-9H,4-6,10H2,1-3H3. The molecule has 0 aromatic heterocycles. The van der Waals surface area contributed by atoms with Gasteiger partial charge in [0.25, 0.3) is 0 Å². The zero-order valence-electron chi connectivity index (χ0n) is 11.8. The number of unbranched alkanes of at least 4 members (excludes halogenated alkanes) is 1. The third kappa shape index (κ3) is 2.65. The molecule has 0 N–H and O–H groups in total. The molecule has 0 saturated heterocycles. The summed E-state index contributed by atoms with van der Waals surface area (Å²) in [5.41, 5.74) is 4.28. The second kappa shape index (κ2) is 5.91. The summed E-state index contributed by atoms with van der Waals surface area (Å²) in [4.78, 5) is 11.9. The molecule has 0 radical (unpaired) electrons. The lowest BCUT2D eigenvalue weighted by atomic mass is 10.00. The zero-order valence-corrected chi connectivity index (χ0v) is 11.8. The minimum atomic E-state index is -0.207. The van der Waals surface area contributed by atoms with Crippen LogP contribution in [-0.2, 0) is 16.0 Å². The van der Waals surface area contributed by atoms with Gasteiger partial charge < -0.3 is 9.47 Å². The molecule has 0 saturated carbocycles. The smallest absolute Gasteiger partial charge is 0.334 e. The van der Waals surface area contributed by atoms with E-state index in [1.165, 1.54) is 12.7 Å². The van der Waals surface area contributed by atoms with Crippen molar-refractivity contribution in [2.45, 2.75) is 32.6 Å². The van der Waals surface area contributed by atoms with Crippen molar-refractivity contribution in [3.63, 3.8) is 0 Å². The Labute approximate surface area is 114 Å². The molecular weight excluding hydrogens is 240 g/mol. The fraction of sp³-hybridized carbons (Fsp3) is 0.438. The van der Waals surface area contributed by atoms with Gasteiger partial charge in [-0.05, 0) is 41.7 Å². The Morgan fingerprint density at radius 3 is 2.74 bits per heavy atom. The number of methoxy groups -OCH3 is 2. The third-order valence-corrected chi connectivity index (χ3v) is 3.58. The van der Waals surface area contributed by atoms with Gasteiger partial charge >= 0.3 is 5.97 Å². The van der Waals surface area contributed by atoms with Crippen molar-refractivity contribution in [1.82, 2.24) is 0 Å². The number of ether oxygens (including phenoxy) is 2. The first-order chi connectivity index (χ1) is 9.21. The summed E-state index contributed by atoms with van der Waals surface area (Å²) in [5.74, 6) is 0.626. The number of hydrogen-bond acceptors (Lipinski definition) is 3. The summed E-state index contributed by atoms with van der Waals surface area (Å²) in [6, 6.07) is 6.01. The molecule has 3 nitrogen and oxygen atoms in total. The van der Waals surface area contributed by atoms with E-state index in [-0.39, 0.29) is 5.97 Å². The second-order valence-electron chi connectivity index (χ2n) is 4.75. The summed E-state index contributed by atoms with van der Waals surface area (Å²) in [6.07, 6.45) is 3.78. The molecule has 0 amide bonds. The molecule has 2 rings (SSSR count). The Morgan fingerprint density at radius 1 is 1.32 bits per heavy atom. The Balaban J connectivity index is 2.38. The van der Waals surface area contributed by atoms with Gasteiger partial charge in [-0.3, -0.25) is 0 Å². The number of benzene rings is 1. The first kappa shape index (κ1) is 13.7. The number of hydrogen-bond donors (Lipinski definition) is 0. The number of esters is 1. The molecule has 1 aliphatic rings. The lowest BCUT2D eigenvalue weighted by Gasteiger charge is -2.07. The van der Waals surface area contributed by atoms with Crippen LogP contribution in [-0.4, -0.2) is 20.2 Å². The Morgan fingerprint density at radius 2 is 2.11 bits per heavy atom. The SMILES string of the molecule is CCCCC1=C(C(=O)OC)Cc2cc(OC)ccc21. The van der Waals surface area contributed by atoms with Gasteiger partial charge in [0.2, 0.25) is 0 Å². The van der Waals surface area contributed by atoms with Gasteiger partial charge in [-0.25, -0.2) is 4.79 Å². The van der Waals surface area contributed by atoms with Crippen LogP contribution in [0, 0.1) is 0 Å². The highest BCUT2D eigenvalue weighted by molar-refractivity contribution is 6.01. The normalized spacial score (nSPS) is 13.4. The van der Waals surface area contributed by atoms with E-state index in [0.29, 0.717) is 6.42 Å². The van der Waals surface area contributed by atoms with Gasteiger partial charge in [0.15, 0.2) is 0 Å². The number of rotatable bonds is 5. The van der Waals surface area contributed by atoms with Gasteiger partial charge in [-0.15, -0.1) is 0 Å². The molecule has 0 fully saturated rings. The van der Waals surface area contributed by atoms with E-state index in [4.69, 9.17) is 9.47 Å². The van der Waals surface area contributed by atoms with Crippen LogP contribution >= 0.6 is 0 Å². The van der Waals surface area contributed by atoms with E-state index in [1.807, 2.05) is 12.1 Å². The highest BCUT2D eigenvalue weighted by atomic mass is 16.5. The third-order valence-electron chi connectivity index (χ3n) is 3.58. The molecule has 1 aromatic rings. The van der Waals surface area contributed by atoms with Gasteiger partial charge in [-0.2, -0.15) is 0 Å². The molecule has 0 bridgehead atoms. The molecule has 0 unspecified atom stereocenters. The number of allylic oxidation sites excluding steroid dienone is 1. The fourth-order valence-corrected chi connectivity index (χ4v) is 2.56. The lowest BCUT2D eigenvalue weighted by molar-refractivity contribution is -0.136. The van der Waals surface area contributed by atoms with Crippen molar-refractivity contribution in [1.29, 1.82) is 0 Å². The van der Waals surface area contributed by atoms with E-state index < -0.39 is 0 Å². The maximum Gasteiger partial charge on any atom is 0.334 e. The lowest BCUT2D eigenvalue weighted by Crippen LogP contribution is -2.05. The summed E-state index contributed by atoms with van der Waals surface area (Å²) >= 11 is 0.